The summed E-state index contributed by atoms with van der Waals surface area (Å²) >= 11 is 0. The first-order valence-electron chi connectivity index (χ1n) is 8.71. The van der Waals surface area contributed by atoms with Crippen molar-refractivity contribution in [2.75, 3.05) is 0 Å². The fraction of sp³-hybridized carbons (Fsp3) is 0.190. The molecule has 1 aromatic heterocycles. The smallest absolute Gasteiger partial charge is 0.356 e. The Balaban J connectivity index is 1.98. The maximum Gasteiger partial charge on any atom is 0.356 e. The van der Waals surface area contributed by atoms with E-state index >= 15 is 0 Å². The van der Waals surface area contributed by atoms with E-state index in [-0.39, 0.29) is 11.3 Å². The minimum atomic E-state index is -1.07. The molecule has 27 heavy (non-hydrogen) atoms. The van der Waals surface area contributed by atoms with Crippen LogP contribution in [0.15, 0.2) is 54.6 Å². The Bertz CT molecular complexity index is 977. The highest BCUT2D eigenvalue weighted by Crippen LogP contribution is 2.25. The van der Waals surface area contributed by atoms with Gasteiger partial charge < -0.3 is 10.2 Å². The second kappa shape index (κ2) is 7.86. The van der Waals surface area contributed by atoms with Crippen LogP contribution in [0, 0.1) is 0 Å². The van der Waals surface area contributed by atoms with Crippen molar-refractivity contribution in [2.45, 2.75) is 26.3 Å². The fourth-order valence-electron chi connectivity index (χ4n) is 3.06. The number of hydrogen-bond donors (Lipinski definition) is 2. The van der Waals surface area contributed by atoms with Crippen LogP contribution >= 0.6 is 0 Å². The van der Waals surface area contributed by atoms with Gasteiger partial charge in [-0.05, 0) is 35.2 Å². The van der Waals surface area contributed by atoms with Crippen molar-refractivity contribution < 1.29 is 19.8 Å². The van der Waals surface area contributed by atoms with Gasteiger partial charge in [-0.15, -0.1) is 0 Å². The highest BCUT2D eigenvalue weighted by atomic mass is 16.4. The lowest BCUT2D eigenvalue weighted by molar-refractivity contribution is 0.0682. The van der Waals surface area contributed by atoms with Gasteiger partial charge in [0.2, 0.25) is 0 Å². The summed E-state index contributed by atoms with van der Waals surface area (Å²) in [7, 11) is 0. The molecule has 0 fully saturated rings. The fourth-order valence-corrected chi connectivity index (χ4v) is 3.06. The maximum atomic E-state index is 11.8. The van der Waals surface area contributed by atoms with Crippen LogP contribution in [0.1, 0.15) is 45.4 Å². The molecule has 0 atom stereocenters. The minimum Gasteiger partial charge on any atom is -0.478 e. The molecule has 138 valence electrons. The number of hydrogen-bond acceptors (Lipinski definition) is 3. The minimum absolute atomic E-state index is 0.00202. The molecule has 0 aliphatic carbocycles. The lowest BCUT2D eigenvalue weighted by Gasteiger charge is -2.11. The average Bonchev–Trinajstić information content (AvgIpc) is 3.05. The topological polar surface area (TPSA) is 92.4 Å². The molecule has 3 rings (SSSR count). The van der Waals surface area contributed by atoms with Gasteiger partial charge in [-0.1, -0.05) is 55.8 Å². The zero-order valence-corrected chi connectivity index (χ0v) is 14.9. The van der Waals surface area contributed by atoms with E-state index in [0.29, 0.717) is 18.5 Å². The molecule has 0 bridgehead atoms. The van der Waals surface area contributed by atoms with Crippen molar-refractivity contribution in [1.29, 1.82) is 0 Å². The number of aromatic carboxylic acids is 2. The monoisotopic (exact) mass is 364 g/mol. The van der Waals surface area contributed by atoms with Gasteiger partial charge in [0, 0.05) is 5.69 Å². The van der Waals surface area contributed by atoms with Gasteiger partial charge in [0.15, 0.2) is 5.69 Å². The van der Waals surface area contributed by atoms with E-state index < -0.39 is 11.9 Å². The Hall–Kier alpha value is -3.41. The van der Waals surface area contributed by atoms with Gasteiger partial charge >= 0.3 is 11.9 Å². The number of carbonyl (C=O) groups is 2. The van der Waals surface area contributed by atoms with E-state index in [0.717, 1.165) is 23.2 Å². The van der Waals surface area contributed by atoms with Crippen molar-refractivity contribution in [3.8, 4) is 11.1 Å². The van der Waals surface area contributed by atoms with Crippen LogP contribution in [-0.2, 0) is 13.0 Å². The molecule has 0 radical (unpaired) electrons. The maximum absolute atomic E-state index is 11.8. The Morgan fingerprint density at radius 1 is 1.00 bits per heavy atom. The van der Waals surface area contributed by atoms with E-state index in [9.17, 15) is 19.8 Å². The van der Waals surface area contributed by atoms with Crippen LogP contribution in [0.5, 0.6) is 0 Å². The molecule has 6 heteroatoms. The summed E-state index contributed by atoms with van der Waals surface area (Å²) in [4.78, 5) is 23.0. The molecule has 0 aliphatic heterocycles. The third kappa shape index (κ3) is 4.06. The van der Waals surface area contributed by atoms with Gasteiger partial charge in [-0.3, -0.25) is 4.68 Å². The summed E-state index contributed by atoms with van der Waals surface area (Å²) in [5.74, 6) is -2.08. The standard InChI is InChI=1S/C21H20N2O4/c1-2-6-16-12-19(21(26)27)22-23(16)13-14-9-10-17(18(11-14)20(24)25)15-7-4-3-5-8-15/h3-5,7-12H,2,6,13H2,1H3,(H,24,25)(H,26,27). The van der Waals surface area contributed by atoms with Gasteiger partial charge in [-0.2, -0.15) is 5.10 Å². The van der Waals surface area contributed by atoms with E-state index in [1.165, 1.54) is 0 Å². The van der Waals surface area contributed by atoms with E-state index in [1.54, 1.807) is 22.9 Å². The van der Waals surface area contributed by atoms with Crippen molar-refractivity contribution in [1.82, 2.24) is 9.78 Å². The summed E-state index contributed by atoms with van der Waals surface area (Å²) in [5.41, 5.74) is 3.26. The highest BCUT2D eigenvalue weighted by Gasteiger charge is 2.16. The lowest BCUT2D eigenvalue weighted by atomic mass is 9.97. The summed E-state index contributed by atoms with van der Waals surface area (Å²) in [5, 5.41) is 23.0. The summed E-state index contributed by atoms with van der Waals surface area (Å²) in [6.07, 6.45) is 1.56. The van der Waals surface area contributed by atoms with E-state index in [2.05, 4.69) is 5.10 Å². The number of aryl methyl sites for hydroxylation is 1. The number of benzene rings is 2. The largest absolute Gasteiger partial charge is 0.478 e. The molecule has 0 aliphatic rings. The quantitative estimate of drug-likeness (QED) is 0.662. The molecule has 3 aromatic rings. The van der Waals surface area contributed by atoms with Crippen LogP contribution in [-0.4, -0.2) is 31.9 Å². The molecule has 0 spiro atoms. The average molecular weight is 364 g/mol. The summed E-state index contributed by atoms with van der Waals surface area (Å²) in [6, 6.07) is 16.2. The molecule has 0 unspecified atom stereocenters. The van der Waals surface area contributed by atoms with Crippen LogP contribution in [0.4, 0.5) is 0 Å². The molecule has 2 N–H and O–H groups in total. The van der Waals surface area contributed by atoms with Crippen molar-refractivity contribution >= 4 is 11.9 Å². The predicted octanol–water partition coefficient (Wildman–Crippen LogP) is 3.95. The van der Waals surface area contributed by atoms with Crippen molar-refractivity contribution in [3.63, 3.8) is 0 Å². The molecule has 1 heterocycles. The third-order valence-corrected chi connectivity index (χ3v) is 4.32. The van der Waals surface area contributed by atoms with Crippen LogP contribution in [0.2, 0.25) is 0 Å². The Morgan fingerprint density at radius 3 is 2.37 bits per heavy atom. The Kier molecular flexibility index (Phi) is 5.35. The number of nitrogens with zero attached hydrogens (tertiary/aromatic N) is 2. The predicted molar refractivity (Wildman–Crippen MR) is 101 cm³/mol. The van der Waals surface area contributed by atoms with E-state index in [1.807, 2.05) is 43.3 Å². The first-order chi connectivity index (χ1) is 13.0. The number of carboxylic acid groups (broad SMARTS) is 2. The lowest BCUT2D eigenvalue weighted by Crippen LogP contribution is -2.09. The van der Waals surface area contributed by atoms with Gasteiger partial charge in [0.25, 0.3) is 0 Å². The van der Waals surface area contributed by atoms with Gasteiger partial charge in [0.1, 0.15) is 0 Å². The number of rotatable bonds is 7. The molecular formula is C21H20N2O4. The van der Waals surface area contributed by atoms with Crippen LogP contribution in [0.25, 0.3) is 11.1 Å². The van der Waals surface area contributed by atoms with Gasteiger partial charge in [0.05, 0.1) is 12.1 Å². The summed E-state index contributed by atoms with van der Waals surface area (Å²) in [6.45, 7) is 2.33. The van der Waals surface area contributed by atoms with Crippen molar-refractivity contribution in [2.24, 2.45) is 0 Å². The zero-order chi connectivity index (χ0) is 19.4. The van der Waals surface area contributed by atoms with Crippen LogP contribution in [0.3, 0.4) is 0 Å². The molecule has 6 nitrogen and oxygen atoms in total. The number of aromatic nitrogens is 2. The summed E-state index contributed by atoms with van der Waals surface area (Å²) < 4.78 is 1.64. The molecular weight excluding hydrogens is 344 g/mol. The van der Waals surface area contributed by atoms with Gasteiger partial charge in [-0.25, -0.2) is 9.59 Å². The number of carboxylic acids is 2. The molecule has 0 amide bonds. The SMILES string of the molecule is CCCc1cc(C(=O)O)nn1Cc1ccc(-c2ccccc2)c(C(=O)O)c1. The first kappa shape index (κ1) is 18.4. The second-order valence-electron chi connectivity index (χ2n) is 6.28. The van der Waals surface area contributed by atoms with E-state index in [4.69, 9.17) is 0 Å². The third-order valence-electron chi connectivity index (χ3n) is 4.32. The molecule has 0 saturated carbocycles. The molecule has 2 aromatic carbocycles. The zero-order valence-electron chi connectivity index (χ0n) is 14.9. The Labute approximate surface area is 156 Å². The highest BCUT2D eigenvalue weighted by molar-refractivity contribution is 5.96. The second-order valence-corrected chi connectivity index (χ2v) is 6.28. The van der Waals surface area contributed by atoms with Crippen LogP contribution < -0.4 is 0 Å². The normalized spacial score (nSPS) is 10.7. The Morgan fingerprint density at radius 2 is 1.74 bits per heavy atom. The first-order valence-corrected chi connectivity index (χ1v) is 8.71. The van der Waals surface area contributed by atoms with Crippen molar-refractivity contribution in [3.05, 3.63) is 77.1 Å². The molecule has 0 saturated heterocycles.